The fraction of sp³-hybridized carbons (Fsp3) is 0.750. The third-order valence-corrected chi connectivity index (χ3v) is 4.68. The van der Waals surface area contributed by atoms with Crippen molar-refractivity contribution in [2.24, 2.45) is 0 Å². The standard InChI is InChI=1S/C16H25N3O2/c1-21-16(8-4-2-3-5-9-16)15-18-13(10-14(20)19-15)11-17-12-6-7-12/h10,12,17H,2-9,11H2,1H3,(H,18,19,20). The van der Waals surface area contributed by atoms with E-state index in [1.54, 1.807) is 13.2 Å². The Morgan fingerprint density at radius 2 is 2.05 bits per heavy atom. The molecule has 1 aromatic rings. The molecule has 1 heterocycles. The quantitative estimate of drug-likeness (QED) is 0.816. The van der Waals surface area contributed by atoms with E-state index in [-0.39, 0.29) is 5.56 Å². The van der Waals surface area contributed by atoms with E-state index in [1.165, 1.54) is 25.7 Å². The second-order valence-electron chi connectivity index (χ2n) is 6.35. The lowest BCUT2D eigenvalue weighted by Crippen LogP contribution is -2.33. The van der Waals surface area contributed by atoms with Gasteiger partial charge in [-0.25, -0.2) is 4.98 Å². The number of aromatic nitrogens is 2. The molecule has 5 nitrogen and oxygen atoms in total. The van der Waals surface area contributed by atoms with Gasteiger partial charge in [-0.2, -0.15) is 0 Å². The third kappa shape index (κ3) is 3.52. The van der Waals surface area contributed by atoms with Crippen LogP contribution in [-0.2, 0) is 16.9 Å². The molecule has 0 bridgehead atoms. The van der Waals surface area contributed by atoms with E-state index in [0.717, 1.165) is 31.4 Å². The summed E-state index contributed by atoms with van der Waals surface area (Å²) in [6.45, 7) is 0.668. The van der Waals surface area contributed by atoms with Crippen molar-refractivity contribution in [3.63, 3.8) is 0 Å². The summed E-state index contributed by atoms with van der Waals surface area (Å²) in [6, 6.07) is 2.21. The summed E-state index contributed by atoms with van der Waals surface area (Å²) in [5, 5.41) is 3.42. The van der Waals surface area contributed by atoms with Crippen LogP contribution < -0.4 is 10.9 Å². The van der Waals surface area contributed by atoms with E-state index in [2.05, 4.69) is 10.3 Å². The molecule has 2 N–H and O–H groups in total. The number of ether oxygens (including phenoxy) is 1. The number of aromatic amines is 1. The number of hydrogen-bond acceptors (Lipinski definition) is 4. The molecule has 0 aliphatic heterocycles. The minimum Gasteiger partial charge on any atom is -0.370 e. The highest BCUT2D eigenvalue weighted by molar-refractivity contribution is 5.10. The monoisotopic (exact) mass is 291 g/mol. The molecule has 0 unspecified atom stereocenters. The Hall–Kier alpha value is -1.20. The van der Waals surface area contributed by atoms with Crippen LogP contribution in [0.1, 0.15) is 62.9 Å². The Balaban J connectivity index is 1.85. The second-order valence-corrected chi connectivity index (χ2v) is 6.35. The summed E-state index contributed by atoms with van der Waals surface area (Å²) in [4.78, 5) is 19.6. The van der Waals surface area contributed by atoms with Crippen molar-refractivity contribution in [2.75, 3.05) is 7.11 Å². The van der Waals surface area contributed by atoms with Crippen molar-refractivity contribution < 1.29 is 4.74 Å². The summed E-state index contributed by atoms with van der Waals surface area (Å²) < 4.78 is 5.84. The van der Waals surface area contributed by atoms with Crippen LogP contribution in [0.25, 0.3) is 0 Å². The maximum absolute atomic E-state index is 12.0. The molecule has 0 radical (unpaired) electrons. The van der Waals surface area contributed by atoms with Crippen molar-refractivity contribution >= 4 is 0 Å². The van der Waals surface area contributed by atoms with Gasteiger partial charge in [0.2, 0.25) is 0 Å². The van der Waals surface area contributed by atoms with Gasteiger partial charge in [-0.3, -0.25) is 4.79 Å². The first-order chi connectivity index (χ1) is 10.2. The predicted octanol–water partition coefficient (Wildman–Crippen LogP) is 2.22. The number of hydrogen-bond donors (Lipinski definition) is 2. The van der Waals surface area contributed by atoms with Crippen molar-refractivity contribution in [1.29, 1.82) is 0 Å². The van der Waals surface area contributed by atoms with Gasteiger partial charge in [0, 0.05) is 25.8 Å². The van der Waals surface area contributed by atoms with Gasteiger partial charge in [0.15, 0.2) is 0 Å². The van der Waals surface area contributed by atoms with Crippen molar-refractivity contribution in [2.45, 2.75) is 69.6 Å². The third-order valence-electron chi connectivity index (χ3n) is 4.68. The molecule has 0 atom stereocenters. The van der Waals surface area contributed by atoms with Gasteiger partial charge in [-0.05, 0) is 25.7 Å². The van der Waals surface area contributed by atoms with Crippen molar-refractivity contribution in [3.8, 4) is 0 Å². The highest BCUT2D eigenvalue weighted by atomic mass is 16.5. The highest BCUT2D eigenvalue weighted by Crippen LogP contribution is 2.36. The molecule has 3 rings (SSSR count). The number of rotatable bonds is 5. The maximum atomic E-state index is 12.0. The van der Waals surface area contributed by atoms with E-state index >= 15 is 0 Å². The van der Waals surface area contributed by atoms with E-state index in [0.29, 0.717) is 18.4 Å². The minimum atomic E-state index is -0.411. The molecule has 0 spiro atoms. The van der Waals surface area contributed by atoms with E-state index < -0.39 is 5.60 Å². The molecular formula is C16H25N3O2. The average molecular weight is 291 g/mol. The summed E-state index contributed by atoms with van der Waals surface area (Å²) in [6.07, 6.45) is 9.06. The van der Waals surface area contributed by atoms with Crippen LogP contribution in [0, 0.1) is 0 Å². The molecular weight excluding hydrogens is 266 g/mol. The molecule has 5 heteroatoms. The van der Waals surface area contributed by atoms with E-state index in [4.69, 9.17) is 9.72 Å². The van der Waals surface area contributed by atoms with Gasteiger partial charge in [0.05, 0.1) is 5.69 Å². The lowest BCUT2D eigenvalue weighted by Gasteiger charge is -2.30. The van der Waals surface area contributed by atoms with Crippen molar-refractivity contribution in [3.05, 3.63) is 27.9 Å². The fourth-order valence-electron chi connectivity index (χ4n) is 3.19. The Labute approximate surface area is 125 Å². The zero-order chi connectivity index (χ0) is 14.7. The van der Waals surface area contributed by atoms with Crippen LogP contribution in [0.15, 0.2) is 10.9 Å². The van der Waals surface area contributed by atoms with Crippen LogP contribution in [0.3, 0.4) is 0 Å². The smallest absolute Gasteiger partial charge is 0.251 e. The SMILES string of the molecule is COC1(c2nc(CNC3CC3)cc(=O)[nH]2)CCCCCC1. The molecule has 2 aliphatic rings. The van der Waals surface area contributed by atoms with Crippen LogP contribution in [0.2, 0.25) is 0 Å². The molecule has 0 saturated heterocycles. The minimum absolute atomic E-state index is 0.0757. The fourth-order valence-corrected chi connectivity index (χ4v) is 3.19. The first kappa shape index (κ1) is 14.7. The van der Waals surface area contributed by atoms with Crippen LogP contribution >= 0.6 is 0 Å². The largest absolute Gasteiger partial charge is 0.370 e. The van der Waals surface area contributed by atoms with Gasteiger partial charge in [-0.1, -0.05) is 25.7 Å². The summed E-state index contributed by atoms with van der Waals surface area (Å²) in [5.74, 6) is 0.715. The first-order valence-corrected chi connectivity index (χ1v) is 8.11. The maximum Gasteiger partial charge on any atom is 0.251 e. The highest BCUT2D eigenvalue weighted by Gasteiger charge is 2.35. The van der Waals surface area contributed by atoms with E-state index in [9.17, 15) is 4.79 Å². The summed E-state index contributed by atoms with van der Waals surface area (Å²) >= 11 is 0. The van der Waals surface area contributed by atoms with Crippen LogP contribution in [0.5, 0.6) is 0 Å². The summed E-state index contributed by atoms with van der Waals surface area (Å²) in [5.41, 5.74) is 0.334. The van der Waals surface area contributed by atoms with E-state index in [1.807, 2.05) is 0 Å². The zero-order valence-electron chi connectivity index (χ0n) is 12.8. The predicted molar refractivity (Wildman–Crippen MR) is 81.1 cm³/mol. The topological polar surface area (TPSA) is 67.0 Å². The van der Waals surface area contributed by atoms with Gasteiger partial charge >= 0.3 is 0 Å². The van der Waals surface area contributed by atoms with Gasteiger partial charge < -0.3 is 15.0 Å². The lowest BCUT2D eigenvalue weighted by molar-refractivity contribution is -0.0355. The van der Waals surface area contributed by atoms with Gasteiger partial charge in [0.1, 0.15) is 11.4 Å². The summed E-state index contributed by atoms with van der Waals surface area (Å²) in [7, 11) is 1.74. The molecule has 2 fully saturated rings. The lowest BCUT2D eigenvalue weighted by atomic mass is 9.93. The molecule has 21 heavy (non-hydrogen) atoms. The molecule has 0 aromatic carbocycles. The molecule has 0 amide bonds. The molecule has 2 saturated carbocycles. The second kappa shape index (κ2) is 6.28. The molecule has 1 aromatic heterocycles. The van der Waals surface area contributed by atoms with Gasteiger partial charge in [-0.15, -0.1) is 0 Å². The van der Waals surface area contributed by atoms with Gasteiger partial charge in [0.25, 0.3) is 5.56 Å². The Morgan fingerprint density at radius 1 is 1.33 bits per heavy atom. The molecule has 2 aliphatic carbocycles. The number of methoxy groups -OCH3 is 1. The average Bonchev–Trinajstić information content (AvgIpc) is 3.31. The molecule has 116 valence electrons. The normalized spacial score (nSPS) is 22.0. The Kier molecular flexibility index (Phi) is 4.40. The Bertz CT molecular complexity index is 529. The van der Waals surface area contributed by atoms with Crippen molar-refractivity contribution in [1.82, 2.24) is 15.3 Å². The number of nitrogens with one attached hydrogen (secondary N) is 2. The number of H-pyrrole nitrogens is 1. The van der Waals surface area contributed by atoms with Crippen LogP contribution in [0.4, 0.5) is 0 Å². The first-order valence-electron chi connectivity index (χ1n) is 8.11. The number of nitrogens with zero attached hydrogens (tertiary/aromatic N) is 1. The Morgan fingerprint density at radius 3 is 2.67 bits per heavy atom. The van der Waals surface area contributed by atoms with Crippen LogP contribution in [-0.4, -0.2) is 23.1 Å². The zero-order valence-corrected chi connectivity index (χ0v) is 12.8.